The normalized spacial score (nSPS) is 17.0. The van der Waals surface area contributed by atoms with Gasteiger partial charge in [0.2, 0.25) is 11.8 Å². The second-order valence-corrected chi connectivity index (χ2v) is 7.59. The van der Waals surface area contributed by atoms with E-state index < -0.39 is 0 Å². The van der Waals surface area contributed by atoms with E-state index in [-0.39, 0.29) is 11.8 Å². The highest BCUT2D eigenvalue weighted by molar-refractivity contribution is 9.11. The van der Waals surface area contributed by atoms with Gasteiger partial charge in [-0.25, -0.2) is 0 Å². The second-order valence-electron chi connectivity index (χ2n) is 5.09. The lowest BCUT2D eigenvalue weighted by molar-refractivity contribution is 0.379. The first kappa shape index (κ1) is 15.1. The zero-order chi connectivity index (χ0) is 15.7. The van der Waals surface area contributed by atoms with Gasteiger partial charge in [0.25, 0.3) is 0 Å². The maximum atomic E-state index is 9.52. The zero-order valence-corrected chi connectivity index (χ0v) is 14.4. The van der Waals surface area contributed by atoms with Crippen LogP contribution in [0.3, 0.4) is 0 Å². The Balaban J connectivity index is 2.13. The molecule has 1 aliphatic rings. The van der Waals surface area contributed by atoms with Crippen LogP contribution in [0.2, 0.25) is 0 Å². The third-order valence-electron chi connectivity index (χ3n) is 3.68. The number of ether oxygens (including phenoxy) is 1. The summed E-state index contributed by atoms with van der Waals surface area (Å²) in [5.74, 6) is 0.408. The maximum absolute atomic E-state index is 9.52. The second kappa shape index (κ2) is 6.15. The van der Waals surface area contributed by atoms with Crippen molar-refractivity contribution in [2.75, 3.05) is 0 Å². The predicted octanol–water partition coefficient (Wildman–Crippen LogP) is 3.79. The van der Waals surface area contributed by atoms with Crippen molar-refractivity contribution in [1.82, 2.24) is 10.2 Å². The van der Waals surface area contributed by atoms with Crippen LogP contribution in [0.25, 0.3) is 0 Å². The van der Waals surface area contributed by atoms with Crippen LogP contribution in [-0.4, -0.2) is 10.2 Å². The molecule has 0 bridgehead atoms. The van der Waals surface area contributed by atoms with Crippen molar-refractivity contribution in [3.05, 3.63) is 43.5 Å². The van der Waals surface area contributed by atoms with Gasteiger partial charge in [-0.05, 0) is 40.9 Å². The third kappa shape index (κ3) is 2.53. The van der Waals surface area contributed by atoms with Gasteiger partial charge in [-0.1, -0.05) is 13.3 Å². The summed E-state index contributed by atoms with van der Waals surface area (Å²) < 4.78 is 6.56. The number of aromatic amines is 1. The number of unbranched alkanes of at least 4 members (excludes halogenated alkanes) is 1. The summed E-state index contributed by atoms with van der Waals surface area (Å²) >= 11 is 5.07. The van der Waals surface area contributed by atoms with E-state index >= 15 is 0 Å². The Labute approximate surface area is 140 Å². The van der Waals surface area contributed by atoms with Gasteiger partial charge in [-0.15, -0.1) is 16.4 Å². The molecule has 3 rings (SSSR count). The topological polar surface area (TPSA) is 87.7 Å². The molecule has 114 valence electrons. The van der Waals surface area contributed by atoms with Gasteiger partial charge in [0, 0.05) is 10.6 Å². The molecule has 0 fully saturated rings. The van der Waals surface area contributed by atoms with E-state index in [1.165, 1.54) is 0 Å². The largest absolute Gasteiger partial charge is 0.420 e. The maximum Gasteiger partial charge on any atom is 0.244 e. The molecule has 22 heavy (non-hydrogen) atoms. The van der Waals surface area contributed by atoms with Crippen LogP contribution >= 0.6 is 27.3 Å². The van der Waals surface area contributed by atoms with Gasteiger partial charge in [-0.2, -0.15) is 5.26 Å². The predicted molar refractivity (Wildman–Crippen MR) is 88.5 cm³/mol. The van der Waals surface area contributed by atoms with E-state index in [1.807, 2.05) is 12.1 Å². The SMILES string of the molecule is CCCCc1[nH]nc2c1[C@H](c1ccc(Br)s1)C(C#N)=C(N)O2. The van der Waals surface area contributed by atoms with Gasteiger partial charge in [-0.3, -0.25) is 5.10 Å². The Kier molecular flexibility index (Phi) is 4.23. The average Bonchev–Trinajstić information content (AvgIpc) is 3.10. The fraction of sp³-hybridized carbons (Fsp3) is 0.333. The molecule has 1 aliphatic heterocycles. The zero-order valence-electron chi connectivity index (χ0n) is 12.0. The number of aryl methyl sites for hydroxylation is 1. The highest BCUT2D eigenvalue weighted by Crippen LogP contribution is 2.45. The number of rotatable bonds is 4. The fourth-order valence-corrected chi connectivity index (χ4v) is 4.16. The summed E-state index contributed by atoms with van der Waals surface area (Å²) in [4.78, 5) is 1.05. The average molecular weight is 379 g/mol. The number of nitriles is 1. The molecule has 0 spiro atoms. The first-order valence-corrected chi connectivity index (χ1v) is 8.66. The first-order valence-electron chi connectivity index (χ1n) is 7.05. The third-order valence-corrected chi connectivity index (χ3v) is 5.37. The van der Waals surface area contributed by atoms with Crippen molar-refractivity contribution in [2.45, 2.75) is 32.1 Å². The molecule has 0 radical (unpaired) electrons. The number of nitrogens with zero attached hydrogens (tertiary/aromatic N) is 2. The molecule has 0 saturated heterocycles. The Bertz CT molecular complexity index is 771. The van der Waals surface area contributed by atoms with Crippen LogP contribution in [0.4, 0.5) is 0 Å². The van der Waals surface area contributed by atoms with Crippen molar-refractivity contribution < 1.29 is 4.74 Å². The molecule has 0 aromatic carbocycles. The van der Waals surface area contributed by atoms with E-state index in [4.69, 9.17) is 10.5 Å². The van der Waals surface area contributed by atoms with Crippen molar-refractivity contribution in [1.29, 1.82) is 5.26 Å². The summed E-state index contributed by atoms with van der Waals surface area (Å²) in [5.41, 5.74) is 8.33. The molecule has 2 aromatic rings. The minimum Gasteiger partial charge on any atom is -0.420 e. The Morgan fingerprint density at radius 2 is 2.36 bits per heavy atom. The smallest absolute Gasteiger partial charge is 0.244 e. The fourth-order valence-electron chi connectivity index (χ4n) is 2.62. The lowest BCUT2D eigenvalue weighted by atomic mass is 9.88. The minimum atomic E-state index is -0.212. The lowest BCUT2D eigenvalue weighted by Crippen LogP contribution is -2.20. The van der Waals surface area contributed by atoms with Crippen LogP contribution in [0, 0.1) is 11.3 Å². The number of halogens is 1. The van der Waals surface area contributed by atoms with E-state index in [1.54, 1.807) is 11.3 Å². The highest BCUT2D eigenvalue weighted by Gasteiger charge is 2.35. The lowest BCUT2D eigenvalue weighted by Gasteiger charge is -2.22. The molecule has 5 nitrogen and oxygen atoms in total. The first-order chi connectivity index (χ1) is 10.7. The Morgan fingerprint density at radius 3 is 3.00 bits per heavy atom. The monoisotopic (exact) mass is 378 g/mol. The number of fused-ring (bicyclic) bond motifs is 1. The van der Waals surface area contributed by atoms with Crippen molar-refractivity contribution in [3.63, 3.8) is 0 Å². The number of H-pyrrole nitrogens is 1. The van der Waals surface area contributed by atoms with Crippen LogP contribution in [0.5, 0.6) is 5.88 Å². The number of thiophene rings is 1. The number of allylic oxidation sites excluding steroid dienone is 1. The number of nitrogens with one attached hydrogen (secondary N) is 1. The highest BCUT2D eigenvalue weighted by atomic mass is 79.9. The molecule has 3 heterocycles. The van der Waals surface area contributed by atoms with Gasteiger partial charge >= 0.3 is 0 Å². The van der Waals surface area contributed by atoms with Crippen molar-refractivity contribution in [2.24, 2.45) is 5.73 Å². The Morgan fingerprint density at radius 1 is 1.55 bits per heavy atom. The molecule has 0 unspecified atom stereocenters. The van der Waals surface area contributed by atoms with E-state index in [0.29, 0.717) is 11.5 Å². The molecule has 7 heteroatoms. The Hall–Kier alpha value is -1.78. The van der Waals surface area contributed by atoms with E-state index in [0.717, 1.165) is 39.2 Å². The number of hydrogen-bond donors (Lipinski definition) is 2. The number of aromatic nitrogens is 2. The molecule has 0 aliphatic carbocycles. The van der Waals surface area contributed by atoms with Gasteiger partial charge < -0.3 is 10.5 Å². The van der Waals surface area contributed by atoms with Crippen LogP contribution in [-0.2, 0) is 6.42 Å². The molecule has 2 aromatic heterocycles. The summed E-state index contributed by atoms with van der Waals surface area (Å²) in [7, 11) is 0. The van der Waals surface area contributed by atoms with Crippen molar-refractivity contribution in [3.8, 4) is 11.9 Å². The number of hydrogen-bond acceptors (Lipinski definition) is 5. The number of nitrogens with two attached hydrogens (primary N) is 1. The summed E-state index contributed by atoms with van der Waals surface area (Å²) in [6.07, 6.45) is 3.02. The van der Waals surface area contributed by atoms with Crippen molar-refractivity contribution >= 4 is 27.3 Å². The van der Waals surface area contributed by atoms with Crippen LogP contribution in [0.15, 0.2) is 27.4 Å². The van der Waals surface area contributed by atoms with Crippen LogP contribution < -0.4 is 10.5 Å². The summed E-state index contributed by atoms with van der Waals surface area (Å²) in [6, 6.07) is 6.19. The van der Waals surface area contributed by atoms with E-state index in [9.17, 15) is 5.26 Å². The molecule has 0 saturated carbocycles. The van der Waals surface area contributed by atoms with Gasteiger partial charge in [0.15, 0.2) is 0 Å². The summed E-state index contributed by atoms with van der Waals surface area (Å²) in [6.45, 7) is 2.14. The molecular weight excluding hydrogens is 364 g/mol. The summed E-state index contributed by atoms with van der Waals surface area (Å²) in [5, 5.41) is 16.8. The van der Waals surface area contributed by atoms with Crippen LogP contribution in [0.1, 0.15) is 41.8 Å². The molecule has 3 N–H and O–H groups in total. The minimum absolute atomic E-state index is 0.137. The van der Waals surface area contributed by atoms with Gasteiger partial charge in [0.05, 0.1) is 15.3 Å². The molecular formula is C15H15BrN4OS. The van der Waals surface area contributed by atoms with Gasteiger partial charge in [0.1, 0.15) is 11.6 Å². The van der Waals surface area contributed by atoms with E-state index in [2.05, 4.69) is 39.1 Å². The molecule has 1 atom stereocenters. The molecule has 0 amide bonds. The quantitative estimate of drug-likeness (QED) is 0.846. The standard InChI is InChI=1S/C15H15BrN4OS/c1-2-3-4-9-13-12(10-5-6-11(16)22-10)8(7-17)14(18)21-15(13)20-19-9/h5-6,12H,2-4,18H2,1H3,(H,19,20)/t12-/m0/s1.